The minimum atomic E-state index is -1.97. The minimum Gasteiger partial charge on any atom is -0.372 e. The highest BCUT2D eigenvalue weighted by Gasteiger charge is 2.48. The molecule has 0 bridgehead atoms. The van der Waals surface area contributed by atoms with E-state index in [4.69, 9.17) is 0 Å². The number of hydrogen-bond acceptors (Lipinski definition) is 2. The van der Waals surface area contributed by atoms with E-state index in [9.17, 15) is 14.3 Å². The predicted octanol–water partition coefficient (Wildman–Crippen LogP) is 2.32. The number of aryl methyl sites for hydroxylation is 1. The largest absolute Gasteiger partial charge is 0.372 e. The van der Waals surface area contributed by atoms with Gasteiger partial charge in [-0.05, 0) is 19.1 Å². The van der Waals surface area contributed by atoms with Crippen LogP contribution in [0.1, 0.15) is 16.7 Å². The number of carbonyl (C=O) groups excluding carboxylic acids is 1. The van der Waals surface area contributed by atoms with Gasteiger partial charge in [0, 0.05) is 16.8 Å². The number of halogens is 1. The summed E-state index contributed by atoms with van der Waals surface area (Å²) in [5.41, 5.74) is -0.196. The first-order valence-electron chi connectivity index (χ1n) is 5.93. The zero-order valence-corrected chi connectivity index (χ0v) is 10.3. The standard InChI is InChI=1S/C15H12FNO2/c1-9-6-7-13-11(8-9)15(19,14(18)17-13)10-4-2-3-5-12(10)16/h2-8,19H,1H3,(H,17,18). The number of rotatable bonds is 1. The third-order valence-corrected chi connectivity index (χ3v) is 3.41. The second-order valence-corrected chi connectivity index (χ2v) is 4.69. The molecule has 0 aliphatic carbocycles. The third kappa shape index (κ3) is 1.57. The molecule has 4 heteroatoms. The summed E-state index contributed by atoms with van der Waals surface area (Å²) in [6.07, 6.45) is 0. The molecule has 1 aliphatic heterocycles. The van der Waals surface area contributed by atoms with Gasteiger partial charge in [-0.25, -0.2) is 4.39 Å². The first kappa shape index (κ1) is 11.9. The number of nitrogens with one attached hydrogen (secondary N) is 1. The van der Waals surface area contributed by atoms with Gasteiger partial charge in [-0.15, -0.1) is 0 Å². The molecule has 0 saturated heterocycles. The van der Waals surface area contributed by atoms with Crippen molar-refractivity contribution in [1.82, 2.24) is 0 Å². The van der Waals surface area contributed by atoms with E-state index in [1.165, 1.54) is 18.2 Å². The number of fused-ring (bicyclic) bond motifs is 1. The average molecular weight is 257 g/mol. The lowest BCUT2D eigenvalue weighted by molar-refractivity contribution is -0.129. The Morgan fingerprint density at radius 1 is 1.16 bits per heavy atom. The Hall–Kier alpha value is -2.20. The van der Waals surface area contributed by atoms with Gasteiger partial charge in [-0.2, -0.15) is 0 Å². The van der Waals surface area contributed by atoms with Crippen molar-refractivity contribution >= 4 is 11.6 Å². The maximum Gasteiger partial charge on any atom is 0.265 e. The predicted molar refractivity (Wildman–Crippen MR) is 69.2 cm³/mol. The second kappa shape index (κ2) is 3.90. The summed E-state index contributed by atoms with van der Waals surface area (Å²) in [5, 5.41) is 13.3. The summed E-state index contributed by atoms with van der Waals surface area (Å²) in [6, 6.07) is 11.0. The monoisotopic (exact) mass is 257 g/mol. The summed E-state index contributed by atoms with van der Waals surface area (Å²) in [6.45, 7) is 1.85. The molecule has 19 heavy (non-hydrogen) atoms. The summed E-state index contributed by atoms with van der Waals surface area (Å²) >= 11 is 0. The molecule has 1 unspecified atom stereocenters. The van der Waals surface area contributed by atoms with E-state index < -0.39 is 17.3 Å². The van der Waals surface area contributed by atoms with Crippen LogP contribution in [0.5, 0.6) is 0 Å². The fraction of sp³-hybridized carbons (Fsp3) is 0.133. The molecular formula is C15H12FNO2. The highest BCUT2D eigenvalue weighted by atomic mass is 19.1. The van der Waals surface area contributed by atoms with E-state index in [1.807, 2.05) is 13.0 Å². The Bertz CT molecular complexity index is 684. The van der Waals surface area contributed by atoms with Crippen molar-refractivity contribution in [2.24, 2.45) is 0 Å². The van der Waals surface area contributed by atoms with Crippen molar-refractivity contribution in [1.29, 1.82) is 0 Å². The molecule has 1 aliphatic rings. The van der Waals surface area contributed by atoms with Crippen LogP contribution in [0.4, 0.5) is 10.1 Å². The Morgan fingerprint density at radius 3 is 2.63 bits per heavy atom. The number of benzene rings is 2. The molecular weight excluding hydrogens is 245 g/mol. The minimum absolute atomic E-state index is 0.0307. The smallest absolute Gasteiger partial charge is 0.265 e. The number of anilines is 1. The molecule has 2 aromatic rings. The van der Waals surface area contributed by atoms with E-state index in [-0.39, 0.29) is 5.56 Å². The molecule has 1 amide bonds. The molecule has 1 heterocycles. The van der Waals surface area contributed by atoms with Gasteiger partial charge in [0.2, 0.25) is 0 Å². The van der Waals surface area contributed by atoms with Crippen LogP contribution in [0.3, 0.4) is 0 Å². The lowest BCUT2D eigenvalue weighted by Crippen LogP contribution is -2.36. The van der Waals surface area contributed by atoms with Gasteiger partial charge in [0.25, 0.3) is 5.91 Å². The van der Waals surface area contributed by atoms with Crippen molar-refractivity contribution in [3.8, 4) is 0 Å². The Kier molecular flexibility index (Phi) is 2.43. The molecule has 0 radical (unpaired) electrons. The highest BCUT2D eigenvalue weighted by molar-refractivity contribution is 6.07. The van der Waals surface area contributed by atoms with Gasteiger partial charge in [0.1, 0.15) is 5.82 Å². The molecule has 3 nitrogen and oxygen atoms in total. The molecule has 2 N–H and O–H groups in total. The van der Waals surface area contributed by atoms with Crippen molar-refractivity contribution in [3.63, 3.8) is 0 Å². The zero-order chi connectivity index (χ0) is 13.6. The van der Waals surface area contributed by atoms with Gasteiger partial charge >= 0.3 is 0 Å². The van der Waals surface area contributed by atoms with Crippen molar-refractivity contribution in [2.75, 3.05) is 5.32 Å². The van der Waals surface area contributed by atoms with Gasteiger partial charge in [0.05, 0.1) is 0 Å². The van der Waals surface area contributed by atoms with Crippen LogP contribution in [0.2, 0.25) is 0 Å². The van der Waals surface area contributed by atoms with Gasteiger partial charge in [-0.1, -0.05) is 35.9 Å². The summed E-state index contributed by atoms with van der Waals surface area (Å²) < 4.78 is 13.9. The van der Waals surface area contributed by atoms with E-state index in [2.05, 4.69) is 5.32 Å². The second-order valence-electron chi connectivity index (χ2n) is 4.69. The highest BCUT2D eigenvalue weighted by Crippen LogP contribution is 2.41. The normalized spacial score (nSPS) is 21.1. The maximum absolute atomic E-state index is 13.9. The number of hydrogen-bond donors (Lipinski definition) is 2. The van der Waals surface area contributed by atoms with Crippen molar-refractivity contribution < 1.29 is 14.3 Å². The summed E-state index contributed by atoms with van der Waals surface area (Å²) in [5.74, 6) is -1.23. The first-order valence-corrected chi connectivity index (χ1v) is 5.93. The van der Waals surface area contributed by atoms with E-state index in [1.54, 1.807) is 18.2 Å². The topological polar surface area (TPSA) is 49.3 Å². The molecule has 1 atom stereocenters. The van der Waals surface area contributed by atoms with E-state index >= 15 is 0 Å². The Balaban J connectivity index is 2.28. The molecule has 96 valence electrons. The lowest BCUT2D eigenvalue weighted by Gasteiger charge is -2.22. The van der Waals surface area contributed by atoms with Crippen LogP contribution in [0.25, 0.3) is 0 Å². The summed E-state index contributed by atoms with van der Waals surface area (Å²) in [7, 11) is 0. The molecule has 0 saturated carbocycles. The number of carbonyl (C=O) groups is 1. The van der Waals surface area contributed by atoms with Crippen LogP contribution in [0, 0.1) is 12.7 Å². The Morgan fingerprint density at radius 2 is 1.89 bits per heavy atom. The quantitative estimate of drug-likeness (QED) is 0.823. The lowest BCUT2D eigenvalue weighted by atomic mass is 9.86. The number of aliphatic hydroxyl groups is 1. The molecule has 0 fully saturated rings. The third-order valence-electron chi connectivity index (χ3n) is 3.41. The van der Waals surface area contributed by atoms with E-state index in [0.717, 1.165) is 5.56 Å². The average Bonchev–Trinajstić information content (AvgIpc) is 2.64. The number of amides is 1. The molecule has 3 rings (SSSR count). The SMILES string of the molecule is Cc1ccc2c(c1)C(O)(c1ccccc1F)C(=O)N2. The molecule has 0 spiro atoms. The van der Waals surface area contributed by atoms with Crippen molar-refractivity contribution in [2.45, 2.75) is 12.5 Å². The van der Waals surface area contributed by atoms with Crippen LogP contribution >= 0.6 is 0 Å². The molecule has 0 aromatic heterocycles. The van der Waals surface area contributed by atoms with Crippen molar-refractivity contribution in [3.05, 3.63) is 65.0 Å². The van der Waals surface area contributed by atoms with E-state index in [0.29, 0.717) is 11.3 Å². The molecule has 2 aromatic carbocycles. The van der Waals surface area contributed by atoms with Crippen LogP contribution in [-0.2, 0) is 10.4 Å². The fourth-order valence-corrected chi connectivity index (χ4v) is 2.42. The van der Waals surface area contributed by atoms with Gasteiger partial charge in [0.15, 0.2) is 5.60 Å². The van der Waals surface area contributed by atoms with Crippen LogP contribution in [-0.4, -0.2) is 11.0 Å². The van der Waals surface area contributed by atoms with Crippen LogP contribution in [0.15, 0.2) is 42.5 Å². The van der Waals surface area contributed by atoms with Gasteiger partial charge in [-0.3, -0.25) is 4.79 Å². The maximum atomic E-state index is 13.9. The van der Waals surface area contributed by atoms with Crippen LogP contribution < -0.4 is 5.32 Å². The fourth-order valence-electron chi connectivity index (χ4n) is 2.42. The summed E-state index contributed by atoms with van der Waals surface area (Å²) in [4.78, 5) is 12.1. The first-order chi connectivity index (χ1) is 9.03. The zero-order valence-electron chi connectivity index (χ0n) is 10.3. The Labute approximate surface area is 109 Å². The van der Waals surface area contributed by atoms with Gasteiger partial charge < -0.3 is 10.4 Å².